The maximum absolute atomic E-state index is 6.04. The number of rotatable bonds is 7. The van der Waals surface area contributed by atoms with Crippen molar-refractivity contribution in [2.75, 3.05) is 12.8 Å². The van der Waals surface area contributed by atoms with Crippen molar-refractivity contribution in [3.05, 3.63) is 65.6 Å². The van der Waals surface area contributed by atoms with E-state index in [1.54, 1.807) is 11.8 Å². The first-order chi connectivity index (χ1) is 15.8. The van der Waals surface area contributed by atoms with Crippen LogP contribution < -0.4 is 10.5 Å². The molecule has 0 aliphatic carbocycles. The fourth-order valence-electron chi connectivity index (χ4n) is 3.64. The maximum Gasteiger partial charge on any atom is 0.221 e. The van der Waals surface area contributed by atoms with E-state index in [4.69, 9.17) is 15.5 Å². The fraction of sp³-hybridized carbons (Fsp3) is 0.320. The largest absolute Gasteiger partial charge is 0.496 e. The van der Waals surface area contributed by atoms with Crippen LogP contribution in [0.2, 0.25) is 0 Å². The quantitative estimate of drug-likeness (QED) is 0.450. The monoisotopic (exact) mass is 443 g/mol. The Bertz CT molecular complexity index is 1280. The second-order valence-corrected chi connectivity index (χ2v) is 8.71. The molecule has 0 bridgehead atoms. The molecule has 0 fully saturated rings. The van der Waals surface area contributed by atoms with Crippen molar-refractivity contribution >= 4 is 5.95 Å². The number of hydrogen-bond donors (Lipinski definition) is 1. The zero-order valence-corrected chi connectivity index (χ0v) is 19.7. The Labute approximate surface area is 193 Å². The number of methoxy groups -OCH3 is 1. The fourth-order valence-corrected chi connectivity index (χ4v) is 3.64. The van der Waals surface area contributed by atoms with Gasteiger partial charge in [-0.1, -0.05) is 44.2 Å². The zero-order chi connectivity index (χ0) is 23.6. The minimum absolute atomic E-state index is 0.0231. The number of ether oxygens (including phenoxy) is 1. The van der Waals surface area contributed by atoms with E-state index in [9.17, 15) is 0 Å². The Morgan fingerprint density at radius 3 is 2.52 bits per heavy atom. The summed E-state index contributed by atoms with van der Waals surface area (Å²) in [7, 11) is 1.65. The van der Waals surface area contributed by atoms with Crippen LogP contribution >= 0.6 is 0 Å². The standard InChI is InChI=1S/C25H29N7O/c1-6-25(3,4)22-12-8-10-17(27-22)14-32-15-21(30-31-32)20-13-19(28-24(26)29-20)18-11-7-9-16(2)23(18)33-5/h7-13,15H,6,14H2,1-5H3,(H2,26,28,29). The molecule has 0 atom stereocenters. The summed E-state index contributed by atoms with van der Waals surface area (Å²) in [6.07, 6.45) is 2.86. The van der Waals surface area contributed by atoms with Crippen LogP contribution in [0.3, 0.4) is 0 Å². The van der Waals surface area contributed by atoms with Crippen LogP contribution in [-0.4, -0.2) is 37.1 Å². The van der Waals surface area contributed by atoms with E-state index in [0.29, 0.717) is 23.6 Å². The molecule has 0 spiro atoms. The maximum atomic E-state index is 6.04. The average Bonchev–Trinajstić information content (AvgIpc) is 3.27. The molecule has 4 aromatic rings. The lowest BCUT2D eigenvalue weighted by molar-refractivity contribution is 0.413. The molecule has 8 nitrogen and oxygen atoms in total. The number of nitrogens with two attached hydrogens (primary N) is 1. The van der Waals surface area contributed by atoms with Crippen molar-refractivity contribution in [3.8, 4) is 28.4 Å². The number of aryl methyl sites for hydroxylation is 1. The zero-order valence-electron chi connectivity index (χ0n) is 19.7. The average molecular weight is 444 g/mol. The predicted octanol–water partition coefficient (Wildman–Crippen LogP) is 4.43. The molecule has 0 unspecified atom stereocenters. The van der Waals surface area contributed by atoms with Gasteiger partial charge in [0.05, 0.1) is 36.9 Å². The van der Waals surface area contributed by atoms with Gasteiger partial charge in [0.2, 0.25) is 5.95 Å². The molecule has 0 amide bonds. The summed E-state index contributed by atoms with van der Waals surface area (Å²) < 4.78 is 7.34. The molecule has 4 rings (SSSR count). The van der Waals surface area contributed by atoms with Crippen molar-refractivity contribution in [1.29, 1.82) is 0 Å². The second-order valence-electron chi connectivity index (χ2n) is 8.71. The van der Waals surface area contributed by atoms with Gasteiger partial charge in [-0.2, -0.15) is 0 Å². The number of hydrogen-bond acceptors (Lipinski definition) is 7. The molecule has 1 aromatic carbocycles. The van der Waals surface area contributed by atoms with E-state index in [-0.39, 0.29) is 11.4 Å². The molecule has 3 heterocycles. The first kappa shape index (κ1) is 22.4. The van der Waals surface area contributed by atoms with E-state index < -0.39 is 0 Å². The van der Waals surface area contributed by atoms with Crippen molar-refractivity contribution in [3.63, 3.8) is 0 Å². The number of para-hydroxylation sites is 1. The third kappa shape index (κ3) is 4.69. The second kappa shape index (κ2) is 8.97. The van der Waals surface area contributed by atoms with Gasteiger partial charge in [0, 0.05) is 16.7 Å². The van der Waals surface area contributed by atoms with E-state index in [2.05, 4.69) is 47.1 Å². The number of aromatic nitrogens is 6. The lowest BCUT2D eigenvalue weighted by Gasteiger charge is -2.22. The van der Waals surface area contributed by atoms with Gasteiger partial charge >= 0.3 is 0 Å². The number of nitrogen functional groups attached to an aromatic ring is 1. The summed E-state index contributed by atoms with van der Waals surface area (Å²) in [6.45, 7) is 9.08. The summed E-state index contributed by atoms with van der Waals surface area (Å²) in [4.78, 5) is 13.6. The Morgan fingerprint density at radius 2 is 1.76 bits per heavy atom. The molecule has 0 aliphatic heterocycles. The number of anilines is 1. The summed E-state index contributed by atoms with van der Waals surface area (Å²) in [5.41, 5.74) is 11.8. The van der Waals surface area contributed by atoms with Gasteiger partial charge in [0.15, 0.2) is 0 Å². The van der Waals surface area contributed by atoms with Crippen LogP contribution in [0, 0.1) is 6.92 Å². The van der Waals surface area contributed by atoms with Crippen LogP contribution in [-0.2, 0) is 12.0 Å². The molecule has 0 radical (unpaired) electrons. The van der Waals surface area contributed by atoms with E-state index >= 15 is 0 Å². The molecular formula is C25H29N7O. The summed E-state index contributed by atoms with van der Waals surface area (Å²) in [5, 5.41) is 8.59. The number of benzene rings is 1. The van der Waals surface area contributed by atoms with Crippen molar-refractivity contribution in [2.45, 2.75) is 46.1 Å². The Balaban J connectivity index is 1.64. The Morgan fingerprint density at radius 1 is 1.00 bits per heavy atom. The predicted molar refractivity (Wildman–Crippen MR) is 129 cm³/mol. The van der Waals surface area contributed by atoms with Crippen LogP contribution in [0.4, 0.5) is 5.95 Å². The highest BCUT2D eigenvalue weighted by Gasteiger charge is 2.20. The van der Waals surface area contributed by atoms with Crippen molar-refractivity contribution < 1.29 is 4.74 Å². The lowest BCUT2D eigenvalue weighted by Crippen LogP contribution is -2.18. The topological polar surface area (TPSA) is 105 Å². The first-order valence-electron chi connectivity index (χ1n) is 11.0. The van der Waals surface area contributed by atoms with E-state index in [1.165, 1.54) is 0 Å². The molecule has 33 heavy (non-hydrogen) atoms. The summed E-state index contributed by atoms with van der Waals surface area (Å²) in [6, 6.07) is 13.9. The van der Waals surface area contributed by atoms with Gasteiger partial charge in [0.25, 0.3) is 0 Å². The van der Waals surface area contributed by atoms with Crippen LogP contribution in [0.5, 0.6) is 5.75 Å². The summed E-state index contributed by atoms with van der Waals surface area (Å²) >= 11 is 0. The molecule has 0 saturated heterocycles. The minimum atomic E-state index is 0.0231. The van der Waals surface area contributed by atoms with E-state index in [1.807, 2.05) is 49.5 Å². The Hall–Kier alpha value is -3.81. The highest BCUT2D eigenvalue weighted by molar-refractivity contribution is 5.73. The van der Waals surface area contributed by atoms with Gasteiger partial charge in [0.1, 0.15) is 11.4 Å². The third-order valence-corrected chi connectivity index (χ3v) is 5.94. The smallest absolute Gasteiger partial charge is 0.221 e. The highest BCUT2D eigenvalue weighted by atomic mass is 16.5. The van der Waals surface area contributed by atoms with Gasteiger partial charge in [-0.05, 0) is 43.2 Å². The lowest BCUT2D eigenvalue weighted by atomic mass is 9.86. The van der Waals surface area contributed by atoms with Gasteiger partial charge < -0.3 is 10.5 Å². The van der Waals surface area contributed by atoms with Crippen LogP contribution in [0.1, 0.15) is 44.1 Å². The van der Waals surface area contributed by atoms with Gasteiger partial charge in [-0.25, -0.2) is 14.6 Å². The molecule has 170 valence electrons. The molecule has 0 saturated carbocycles. The van der Waals surface area contributed by atoms with Gasteiger partial charge in [-0.3, -0.25) is 4.98 Å². The molecular weight excluding hydrogens is 414 g/mol. The molecule has 3 aromatic heterocycles. The highest BCUT2D eigenvalue weighted by Crippen LogP contribution is 2.33. The number of pyridine rings is 1. The number of nitrogens with zero attached hydrogens (tertiary/aromatic N) is 6. The molecule has 2 N–H and O–H groups in total. The van der Waals surface area contributed by atoms with Crippen LogP contribution in [0.25, 0.3) is 22.6 Å². The molecule has 0 aliphatic rings. The third-order valence-electron chi connectivity index (χ3n) is 5.94. The van der Waals surface area contributed by atoms with Crippen molar-refractivity contribution in [2.24, 2.45) is 0 Å². The normalized spacial score (nSPS) is 11.5. The first-order valence-corrected chi connectivity index (χ1v) is 11.0. The summed E-state index contributed by atoms with van der Waals surface area (Å²) in [5.74, 6) is 0.919. The SMILES string of the molecule is CCC(C)(C)c1cccc(Cn2cc(-c3cc(-c4cccc(C)c4OC)nc(N)n3)nn2)n1. The van der Waals surface area contributed by atoms with E-state index in [0.717, 1.165) is 34.7 Å². The minimum Gasteiger partial charge on any atom is -0.496 e. The van der Waals surface area contributed by atoms with Crippen LogP contribution in [0.15, 0.2) is 48.7 Å². The molecule has 8 heteroatoms. The van der Waals surface area contributed by atoms with Crippen molar-refractivity contribution in [1.82, 2.24) is 29.9 Å². The Kier molecular flexibility index (Phi) is 6.09. The van der Waals surface area contributed by atoms with Gasteiger partial charge in [-0.15, -0.1) is 5.10 Å².